The summed E-state index contributed by atoms with van der Waals surface area (Å²) in [6.07, 6.45) is -4.53. The van der Waals surface area contributed by atoms with E-state index in [0.29, 0.717) is 18.8 Å². The number of benzene rings is 2. The molecule has 0 heterocycles. The molecule has 2 aromatic rings. The number of carbonyl (C=O) groups excluding carboxylic acids is 1. The van der Waals surface area contributed by atoms with Crippen molar-refractivity contribution in [2.75, 3.05) is 44.0 Å². The Bertz CT molecular complexity index is 1050. The van der Waals surface area contributed by atoms with Gasteiger partial charge in [0, 0.05) is 27.2 Å². The predicted octanol–water partition coefficient (Wildman–Crippen LogP) is 3.82. The number of hydrogen-bond acceptors (Lipinski definition) is 5. The van der Waals surface area contributed by atoms with E-state index < -0.39 is 34.3 Å². The number of alkyl halides is 3. The highest BCUT2D eigenvalue weighted by Gasteiger charge is 2.30. The van der Waals surface area contributed by atoms with Crippen LogP contribution in [-0.4, -0.2) is 52.4 Å². The van der Waals surface area contributed by atoms with E-state index in [1.165, 1.54) is 28.6 Å². The zero-order valence-electron chi connectivity index (χ0n) is 18.2. The van der Waals surface area contributed by atoms with Crippen LogP contribution in [0.4, 0.5) is 24.5 Å². The third kappa shape index (κ3) is 6.13. The molecule has 176 valence electrons. The number of halogens is 3. The van der Waals surface area contributed by atoms with Gasteiger partial charge in [-0.05, 0) is 36.4 Å². The molecule has 0 radical (unpaired) electrons. The van der Waals surface area contributed by atoms with Crippen molar-refractivity contribution in [1.29, 1.82) is 0 Å². The van der Waals surface area contributed by atoms with E-state index in [4.69, 9.17) is 4.74 Å². The van der Waals surface area contributed by atoms with Crippen molar-refractivity contribution >= 4 is 27.3 Å². The van der Waals surface area contributed by atoms with E-state index in [-0.39, 0.29) is 16.3 Å². The van der Waals surface area contributed by atoms with Crippen molar-refractivity contribution in [2.24, 2.45) is 0 Å². The second-order valence-corrected chi connectivity index (χ2v) is 8.96. The number of hydrogen-bond donors (Lipinski definition) is 1. The van der Waals surface area contributed by atoms with Crippen molar-refractivity contribution in [3.8, 4) is 5.75 Å². The Morgan fingerprint density at radius 1 is 1.06 bits per heavy atom. The first-order valence-corrected chi connectivity index (χ1v) is 11.3. The van der Waals surface area contributed by atoms with Crippen LogP contribution in [0.25, 0.3) is 0 Å². The molecule has 0 aromatic heterocycles. The summed E-state index contributed by atoms with van der Waals surface area (Å²) in [5.41, 5.74) is -0.101. The van der Waals surface area contributed by atoms with Crippen molar-refractivity contribution in [3.05, 3.63) is 48.0 Å². The monoisotopic (exact) mass is 473 g/mol. The van der Waals surface area contributed by atoms with Crippen molar-refractivity contribution in [3.63, 3.8) is 0 Å². The summed E-state index contributed by atoms with van der Waals surface area (Å²) in [4.78, 5) is 14.1. The van der Waals surface area contributed by atoms with Gasteiger partial charge in [0.25, 0.3) is 5.91 Å². The van der Waals surface area contributed by atoms with Crippen molar-refractivity contribution in [2.45, 2.75) is 24.9 Å². The van der Waals surface area contributed by atoms with Crippen LogP contribution in [0.1, 0.15) is 19.4 Å². The summed E-state index contributed by atoms with van der Waals surface area (Å²) < 4.78 is 70.6. The van der Waals surface area contributed by atoms with Gasteiger partial charge in [0.1, 0.15) is 5.75 Å². The molecule has 0 aliphatic carbocycles. The maximum Gasteiger partial charge on any atom is 0.416 e. The molecule has 32 heavy (non-hydrogen) atoms. The number of amides is 1. The van der Waals surface area contributed by atoms with E-state index in [9.17, 15) is 26.4 Å². The highest BCUT2D eigenvalue weighted by molar-refractivity contribution is 7.89. The Morgan fingerprint density at radius 2 is 1.72 bits per heavy atom. The Kier molecular flexibility index (Phi) is 8.13. The minimum absolute atomic E-state index is 0.0147. The van der Waals surface area contributed by atoms with Gasteiger partial charge >= 0.3 is 6.18 Å². The zero-order chi connectivity index (χ0) is 24.1. The van der Waals surface area contributed by atoms with Crippen LogP contribution in [0.5, 0.6) is 5.75 Å². The van der Waals surface area contributed by atoms with Crippen LogP contribution in [0, 0.1) is 0 Å². The Balaban J connectivity index is 2.23. The smallest absolute Gasteiger partial charge is 0.416 e. The van der Waals surface area contributed by atoms with Crippen LogP contribution in [0.3, 0.4) is 0 Å². The van der Waals surface area contributed by atoms with Gasteiger partial charge in [-0.3, -0.25) is 4.79 Å². The van der Waals surface area contributed by atoms with Gasteiger partial charge < -0.3 is 15.0 Å². The lowest BCUT2D eigenvalue weighted by Gasteiger charge is -2.22. The lowest BCUT2D eigenvalue weighted by Crippen LogP contribution is -2.31. The molecular formula is C21H26F3N3O4S. The first-order valence-electron chi connectivity index (χ1n) is 9.81. The van der Waals surface area contributed by atoms with Gasteiger partial charge in [-0.15, -0.1) is 0 Å². The number of sulfonamides is 1. The lowest BCUT2D eigenvalue weighted by molar-refractivity contribution is -0.137. The van der Waals surface area contributed by atoms with Gasteiger partial charge in [-0.2, -0.15) is 17.5 Å². The van der Waals surface area contributed by atoms with Crippen LogP contribution in [0.2, 0.25) is 0 Å². The van der Waals surface area contributed by atoms with Crippen LogP contribution in [-0.2, 0) is 21.0 Å². The highest BCUT2D eigenvalue weighted by atomic mass is 32.2. The van der Waals surface area contributed by atoms with Crippen LogP contribution >= 0.6 is 0 Å². The van der Waals surface area contributed by atoms with Crippen molar-refractivity contribution < 1.29 is 31.1 Å². The Hall–Kier alpha value is -2.79. The number of rotatable bonds is 9. The van der Waals surface area contributed by atoms with Gasteiger partial charge in [0.15, 0.2) is 6.61 Å². The second-order valence-electron chi connectivity index (χ2n) is 7.03. The van der Waals surface area contributed by atoms with E-state index in [1.54, 1.807) is 38.9 Å². The molecule has 7 nitrogen and oxygen atoms in total. The normalized spacial score (nSPS) is 12.0. The molecule has 2 rings (SSSR count). The minimum atomic E-state index is -4.53. The summed E-state index contributed by atoms with van der Waals surface area (Å²) in [6.45, 7) is 3.48. The highest BCUT2D eigenvalue weighted by Crippen LogP contribution is 2.32. The number of anilines is 2. The molecule has 1 amide bonds. The quantitative estimate of drug-likeness (QED) is 0.599. The third-order valence-electron chi connectivity index (χ3n) is 4.60. The largest absolute Gasteiger partial charge is 0.484 e. The van der Waals surface area contributed by atoms with E-state index >= 15 is 0 Å². The summed E-state index contributed by atoms with van der Waals surface area (Å²) in [5, 5.41) is 2.58. The molecule has 0 fully saturated rings. The maximum absolute atomic E-state index is 12.8. The molecule has 0 unspecified atom stereocenters. The molecule has 0 bridgehead atoms. The molecule has 0 saturated heterocycles. The fourth-order valence-corrected chi connectivity index (χ4v) is 4.46. The molecule has 0 saturated carbocycles. The van der Waals surface area contributed by atoms with E-state index in [2.05, 4.69) is 5.32 Å². The molecule has 0 spiro atoms. The number of nitrogens with zero attached hydrogens (tertiary/aromatic N) is 2. The Morgan fingerprint density at radius 3 is 2.28 bits per heavy atom. The van der Waals surface area contributed by atoms with Gasteiger partial charge in [0.2, 0.25) is 10.0 Å². The zero-order valence-corrected chi connectivity index (χ0v) is 19.0. The summed E-state index contributed by atoms with van der Waals surface area (Å²) in [5.74, 6) is -0.761. The molecule has 11 heteroatoms. The topological polar surface area (TPSA) is 79.0 Å². The summed E-state index contributed by atoms with van der Waals surface area (Å²) in [7, 11) is -0.300. The number of nitrogens with one attached hydrogen (secondary N) is 1. The SMILES string of the molecule is CCN(CC)S(=O)(=O)c1ccc(N(C)C)c(NC(=O)COc2cccc(C(F)(F)F)c2)c1. The average molecular weight is 474 g/mol. The molecule has 0 aliphatic rings. The maximum atomic E-state index is 12.8. The molecule has 0 aliphatic heterocycles. The van der Waals surface area contributed by atoms with Gasteiger partial charge in [0.05, 0.1) is 21.8 Å². The Labute approximate surface area is 185 Å². The lowest BCUT2D eigenvalue weighted by atomic mass is 10.2. The van der Waals surface area contributed by atoms with Crippen molar-refractivity contribution in [1.82, 2.24) is 4.31 Å². The number of carbonyl (C=O) groups is 1. The summed E-state index contributed by atoms with van der Waals surface area (Å²) in [6, 6.07) is 8.57. The number of ether oxygens (including phenoxy) is 1. The molecule has 1 N–H and O–H groups in total. The first-order chi connectivity index (χ1) is 14.9. The molecule has 2 aromatic carbocycles. The minimum Gasteiger partial charge on any atom is -0.484 e. The van der Waals surface area contributed by atoms with E-state index in [0.717, 1.165) is 12.1 Å². The third-order valence-corrected chi connectivity index (χ3v) is 6.64. The van der Waals surface area contributed by atoms with Crippen LogP contribution < -0.4 is 15.0 Å². The second kappa shape index (κ2) is 10.2. The van der Waals surface area contributed by atoms with Gasteiger partial charge in [-0.25, -0.2) is 8.42 Å². The fourth-order valence-electron chi connectivity index (χ4n) is 2.98. The molecule has 0 atom stereocenters. The van der Waals surface area contributed by atoms with Crippen LogP contribution in [0.15, 0.2) is 47.4 Å². The average Bonchev–Trinajstić information content (AvgIpc) is 2.72. The molecular weight excluding hydrogens is 447 g/mol. The summed E-state index contributed by atoms with van der Waals surface area (Å²) >= 11 is 0. The van der Waals surface area contributed by atoms with Gasteiger partial charge in [-0.1, -0.05) is 19.9 Å². The standard InChI is InChI=1S/C21H26F3N3O4S/c1-5-27(6-2)32(29,30)17-10-11-19(26(3)4)18(13-17)25-20(28)14-31-16-9-7-8-15(12-16)21(22,23)24/h7-13H,5-6,14H2,1-4H3,(H,25,28). The predicted molar refractivity (Wildman–Crippen MR) is 116 cm³/mol. The fraction of sp³-hybridized carbons (Fsp3) is 0.381. The first kappa shape index (κ1) is 25.5. The van der Waals surface area contributed by atoms with E-state index in [1.807, 2.05) is 0 Å².